The van der Waals surface area contributed by atoms with Crippen LogP contribution in [0.15, 0.2) is 11.0 Å². The predicted octanol–water partition coefficient (Wildman–Crippen LogP) is 2.59. The summed E-state index contributed by atoms with van der Waals surface area (Å²) in [6.07, 6.45) is 6.04. The number of rotatable bonds is 8. The maximum Gasteiger partial charge on any atom is 0.245 e. The van der Waals surface area contributed by atoms with E-state index in [1.54, 1.807) is 6.07 Å². The number of thiophene rings is 1. The second-order valence-corrected chi connectivity index (χ2v) is 8.46. The van der Waals surface area contributed by atoms with Gasteiger partial charge in [0, 0.05) is 28.9 Å². The Morgan fingerprint density at radius 1 is 1.48 bits per heavy atom. The van der Waals surface area contributed by atoms with Crippen LogP contribution in [-0.2, 0) is 16.6 Å². The summed E-state index contributed by atoms with van der Waals surface area (Å²) in [6, 6.07) is 2.13. The van der Waals surface area contributed by atoms with E-state index in [1.165, 1.54) is 15.6 Å². The molecule has 0 saturated heterocycles. The molecule has 0 saturated carbocycles. The second-order valence-electron chi connectivity index (χ2n) is 5.21. The molecule has 0 bridgehead atoms. The van der Waals surface area contributed by atoms with Crippen molar-refractivity contribution in [3.63, 3.8) is 0 Å². The minimum atomic E-state index is -3.50. The highest BCUT2D eigenvalue weighted by Crippen LogP contribution is 2.28. The van der Waals surface area contributed by atoms with Gasteiger partial charge in [0.15, 0.2) is 0 Å². The molecular weight excluding hydrogens is 304 g/mol. The Bertz CT molecular complexity index is 598. The molecule has 118 valence electrons. The molecule has 6 heteroatoms. The van der Waals surface area contributed by atoms with E-state index in [1.807, 2.05) is 13.8 Å². The zero-order valence-electron chi connectivity index (χ0n) is 13.1. The first-order valence-electron chi connectivity index (χ1n) is 7.09. The lowest BCUT2D eigenvalue weighted by atomic mass is 10.3. The fraction of sp³-hybridized carbons (Fsp3) is 0.600. The lowest BCUT2D eigenvalue weighted by Crippen LogP contribution is -2.32. The molecule has 0 aliphatic heterocycles. The smallest absolute Gasteiger partial charge is 0.245 e. The van der Waals surface area contributed by atoms with Gasteiger partial charge >= 0.3 is 0 Å². The Kier molecular flexibility index (Phi) is 6.88. The Morgan fingerprint density at radius 2 is 2.14 bits per heavy atom. The SMILES string of the molecule is C#CCN(CCC)S(=O)(=O)c1cc(CNC(C)C)sc1C. The average Bonchev–Trinajstić information content (AvgIpc) is 2.78. The lowest BCUT2D eigenvalue weighted by Gasteiger charge is -2.18. The topological polar surface area (TPSA) is 49.4 Å². The summed E-state index contributed by atoms with van der Waals surface area (Å²) in [4.78, 5) is 2.22. The first-order valence-corrected chi connectivity index (χ1v) is 9.34. The second kappa shape index (κ2) is 7.95. The number of nitrogens with one attached hydrogen (secondary N) is 1. The van der Waals surface area contributed by atoms with Crippen LogP contribution in [0.2, 0.25) is 0 Å². The molecule has 4 nitrogen and oxygen atoms in total. The third-order valence-corrected chi connectivity index (χ3v) is 6.12. The Balaban J connectivity index is 3.04. The Labute approximate surface area is 132 Å². The number of sulfonamides is 1. The Hall–Kier alpha value is -0.870. The van der Waals surface area contributed by atoms with Crippen LogP contribution in [0.5, 0.6) is 0 Å². The van der Waals surface area contributed by atoms with Gasteiger partial charge in [-0.1, -0.05) is 26.7 Å². The van der Waals surface area contributed by atoms with Crippen molar-refractivity contribution in [2.75, 3.05) is 13.1 Å². The highest BCUT2D eigenvalue weighted by Gasteiger charge is 2.26. The number of nitrogens with zero attached hydrogens (tertiary/aromatic N) is 1. The molecule has 0 aliphatic rings. The van der Waals surface area contributed by atoms with Crippen molar-refractivity contribution >= 4 is 21.4 Å². The number of terminal acetylenes is 1. The molecule has 0 fully saturated rings. The van der Waals surface area contributed by atoms with E-state index in [9.17, 15) is 8.42 Å². The molecule has 1 N–H and O–H groups in total. The quantitative estimate of drug-likeness (QED) is 0.746. The van der Waals surface area contributed by atoms with Crippen molar-refractivity contribution in [1.82, 2.24) is 9.62 Å². The van der Waals surface area contributed by atoms with Crippen LogP contribution in [0.4, 0.5) is 0 Å². The normalized spacial score (nSPS) is 12.0. The van der Waals surface area contributed by atoms with Crippen molar-refractivity contribution in [2.45, 2.75) is 51.6 Å². The third kappa shape index (κ3) is 4.82. The average molecular weight is 329 g/mol. The highest BCUT2D eigenvalue weighted by molar-refractivity contribution is 7.89. The molecule has 21 heavy (non-hydrogen) atoms. The zero-order valence-corrected chi connectivity index (χ0v) is 14.8. The molecule has 0 amide bonds. The minimum Gasteiger partial charge on any atom is -0.310 e. The van der Waals surface area contributed by atoms with E-state index >= 15 is 0 Å². The predicted molar refractivity (Wildman–Crippen MR) is 88.9 cm³/mol. The zero-order chi connectivity index (χ0) is 16.0. The molecule has 1 aromatic rings. The minimum absolute atomic E-state index is 0.116. The van der Waals surface area contributed by atoms with Crippen LogP contribution in [0.25, 0.3) is 0 Å². The van der Waals surface area contributed by atoms with Gasteiger partial charge in [-0.25, -0.2) is 8.42 Å². The van der Waals surface area contributed by atoms with E-state index in [0.717, 1.165) is 16.2 Å². The summed E-state index contributed by atoms with van der Waals surface area (Å²) in [6.45, 7) is 9.16. The van der Waals surface area contributed by atoms with Crippen LogP contribution < -0.4 is 5.32 Å². The molecule has 1 rings (SSSR count). The fourth-order valence-electron chi connectivity index (χ4n) is 1.95. The molecule has 0 spiro atoms. The van der Waals surface area contributed by atoms with Crippen molar-refractivity contribution < 1.29 is 8.42 Å². The first kappa shape index (κ1) is 18.2. The number of hydrogen-bond acceptors (Lipinski definition) is 4. The maximum atomic E-state index is 12.7. The third-order valence-electron chi connectivity index (χ3n) is 2.97. The number of aryl methyl sites for hydroxylation is 1. The lowest BCUT2D eigenvalue weighted by molar-refractivity contribution is 0.445. The van der Waals surface area contributed by atoms with Gasteiger partial charge in [-0.15, -0.1) is 17.8 Å². The maximum absolute atomic E-state index is 12.7. The largest absolute Gasteiger partial charge is 0.310 e. The van der Waals surface area contributed by atoms with Gasteiger partial charge in [-0.3, -0.25) is 0 Å². The molecule has 0 aromatic carbocycles. The van der Waals surface area contributed by atoms with Crippen molar-refractivity contribution in [3.05, 3.63) is 15.8 Å². The molecule has 0 aliphatic carbocycles. The van der Waals surface area contributed by atoms with Gasteiger partial charge in [0.2, 0.25) is 10.0 Å². The van der Waals surface area contributed by atoms with Gasteiger partial charge in [0.1, 0.15) is 0 Å². The highest BCUT2D eigenvalue weighted by atomic mass is 32.2. The fourth-order valence-corrected chi connectivity index (χ4v) is 4.95. The summed E-state index contributed by atoms with van der Waals surface area (Å²) < 4.78 is 26.8. The van der Waals surface area contributed by atoms with Gasteiger partial charge < -0.3 is 5.32 Å². The van der Waals surface area contributed by atoms with Gasteiger partial charge in [0.05, 0.1) is 11.4 Å². The van der Waals surface area contributed by atoms with Crippen LogP contribution in [0.1, 0.15) is 36.9 Å². The Morgan fingerprint density at radius 3 is 2.67 bits per heavy atom. The molecule has 0 radical (unpaired) electrons. The molecule has 1 aromatic heterocycles. The van der Waals surface area contributed by atoms with E-state index in [4.69, 9.17) is 6.42 Å². The summed E-state index contributed by atoms with van der Waals surface area (Å²) in [7, 11) is -3.50. The number of hydrogen-bond donors (Lipinski definition) is 1. The van der Waals surface area contributed by atoms with E-state index < -0.39 is 10.0 Å². The molecule has 1 heterocycles. The first-order chi connectivity index (χ1) is 9.82. The van der Waals surface area contributed by atoms with E-state index in [-0.39, 0.29) is 6.54 Å². The molecule has 0 unspecified atom stereocenters. The van der Waals surface area contributed by atoms with Gasteiger partial charge in [-0.2, -0.15) is 4.31 Å². The monoisotopic (exact) mass is 328 g/mol. The summed E-state index contributed by atoms with van der Waals surface area (Å²) >= 11 is 1.52. The summed E-state index contributed by atoms with van der Waals surface area (Å²) in [5.41, 5.74) is 0. The summed E-state index contributed by atoms with van der Waals surface area (Å²) in [5, 5.41) is 3.30. The standard InChI is InChI=1S/C15H24N2O2S2/c1-6-8-17(9-7-2)21(18,19)15-10-14(20-13(15)5)11-16-12(3)4/h1,10,12,16H,7-9,11H2,2-5H3. The van der Waals surface area contributed by atoms with Crippen molar-refractivity contribution in [1.29, 1.82) is 0 Å². The van der Waals surface area contributed by atoms with Crippen LogP contribution >= 0.6 is 11.3 Å². The van der Waals surface area contributed by atoms with Crippen molar-refractivity contribution in [2.24, 2.45) is 0 Å². The van der Waals surface area contributed by atoms with E-state index in [0.29, 0.717) is 24.0 Å². The van der Waals surface area contributed by atoms with E-state index in [2.05, 4.69) is 25.1 Å². The molecule has 0 atom stereocenters. The van der Waals surface area contributed by atoms with Crippen LogP contribution in [-0.4, -0.2) is 31.9 Å². The van der Waals surface area contributed by atoms with Crippen LogP contribution in [0, 0.1) is 19.3 Å². The summed E-state index contributed by atoms with van der Waals surface area (Å²) in [5.74, 6) is 2.43. The van der Waals surface area contributed by atoms with Crippen LogP contribution in [0.3, 0.4) is 0 Å². The van der Waals surface area contributed by atoms with Gasteiger partial charge in [-0.05, 0) is 19.4 Å². The van der Waals surface area contributed by atoms with Gasteiger partial charge in [0.25, 0.3) is 0 Å². The van der Waals surface area contributed by atoms with Crippen molar-refractivity contribution in [3.8, 4) is 12.3 Å². The molecular formula is C15H24N2O2S2.